The minimum atomic E-state index is -0.486. The van der Waals surface area contributed by atoms with Crippen LogP contribution in [0.1, 0.15) is 60.4 Å². The van der Waals surface area contributed by atoms with Crippen molar-refractivity contribution in [1.82, 2.24) is 14.7 Å². The number of carbonyl (C=O) groups excluding carboxylic acids is 2. The van der Waals surface area contributed by atoms with Crippen molar-refractivity contribution in [1.29, 1.82) is 0 Å². The van der Waals surface area contributed by atoms with Crippen LogP contribution in [0.15, 0.2) is 30.3 Å². The number of ether oxygens (including phenoxy) is 1. The van der Waals surface area contributed by atoms with Crippen LogP contribution in [0.25, 0.3) is 0 Å². The lowest BCUT2D eigenvalue weighted by molar-refractivity contribution is -0.140. The van der Waals surface area contributed by atoms with Gasteiger partial charge >= 0.3 is 5.97 Å². The molecule has 6 nitrogen and oxygen atoms in total. The molecule has 1 saturated heterocycles. The molecule has 1 aromatic carbocycles. The normalized spacial score (nSPS) is 19.5. The van der Waals surface area contributed by atoms with Crippen molar-refractivity contribution in [3.05, 3.63) is 52.8 Å². The molecule has 28 heavy (non-hydrogen) atoms. The highest BCUT2D eigenvalue weighted by Gasteiger charge is 2.30. The summed E-state index contributed by atoms with van der Waals surface area (Å²) in [5.74, 6) is -0.611. The van der Waals surface area contributed by atoms with E-state index in [9.17, 15) is 9.59 Å². The van der Waals surface area contributed by atoms with Gasteiger partial charge in [-0.25, -0.2) is 4.79 Å². The molecule has 1 aliphatic rings. The van der Waals surface area contributed by atoms with Crippen molar-refractivity contribution >= 4 is 11.9 Å². The largest absolute Gasteiger partial charge is 0.452 e. The van der Waals surface area contributed by atoms with Crippen molar-refractivity contribution in [2.45, 2.75) is 65.6 Å². The SMILES string of the molecule is Cc1nn(Cc2ccccc2)c(C)c1C(=O)OCC(=O)N1[C@@H](C)CCC[C@@H]1C. The molecule has 0 saturated carbocycles. The maximum absolute atomic E-state index is 12.7. The second kappa shape index (κ2) is 8.59. The molecule has 0 unspecified atom stereocenters. The highest BCUT2D eigenvalue weighted by Crippen LogP contribution is 2.23. The van der Waals surface area contributed by atoms with E-state index in [-0.39, 0.29) is 24.6 Å². The Morgan fingerprint density at radius 2 is 1.75 bits per heavy atom. The first kappa shape index (κ1) is 20.1. The Bertz CT molecular complexity index is 834. The van der Waals surface area contributed by atoms with Crippen molar-refractivity contribution < 1.29 is 14.3 Å². The zero-order valence-electron chi connectivity index (χ0n) is 17.1. The van der Waals surface area contributed by atoms with Gasteiger partial charge in [0.05, 0.1) is 17.9 Å². The van der Waals surface area contributed by atoms with Crippen LogP contribution in [-0.4, -0.2) is 45.2 Å². The molecule has 1 fully saturated rings. The lowest BCUT2D eigenvalue weighted by Gasteiger charge is -2.38. The van der Waals surface area contributed by atoms with E-state index in [4.69, 9.17) is 4.74 Å². The lowest BCUT2D eigenvalue weighted by atomic mass is 9.97. The fourth-order valence-corrected chi connectivity index (χ4v) is 4.09. The average molecular weight is 383 g/mol. The van der Waals surface area contributed by atoms with E-state index < -0.39 is 5.97 Å². The highest BCUT2D eigenvalue weighted by atomic mass is 16.5. The van der Waals surface area contributed by atoms with Gasteiger partial charge in [0.15, 0.2) is 6.61 Å². The van der Waals surface area contributed by atoms with Crippen LogP contribution < -0.4 is 0 Å². The summed E-state index contributed by atoms with van der Waals surface area (Å²) in [4.78, 5) is 27.1. The molecule has 6 heteroatoms. The van der Waals surface area contributed by atoms with Crippen LogP contribution >= 0.6 is 0 Å². The van der Waals surface area contributed by atoms with Crippen LogP contribution in [0.4, 0.5) is 0 Å². The van der Waals surface area contributed by atoms with Crippen LogP contribution in [0, 0.1) is 13.8 Å². The Morgan fingerprint density at radius 3 is 2.39 bits per heavy atom. The quantitative estimate of drug-likeness (QED) is 0.742. The van der Waals surface area contributed by atoms with Crippen LogP contribution in [0.3, 0.4) is 0 Å². The molecule has 0 spiro atoms. The van der Waals surface area contributed by atoms with E-state index in [0.717, 1.165) is 30.5 Å². The van der Waals surface area contributed by atoms with Gasteiger partial charge in [0, 0.05) is 12.1 Å². The van der Waals surface area contributed by atoms with Gasteiger partial charge in [0.1, 0.15) is 5.56 Å². The third-order valence-corrected chi connectivity index (χ3v) is 5.57. The minimum absolute atomic E-state index is 0.125. The number of rotatable bonds is 5. The number of amides is 1. The topological polar surface area (TPSA) is 64.4 Å². The highest BCUT2D eigenvalue weighted by molar-refractivity contribution is 5.93. The average Bonchev–Trinajstić information content (AvgIpc) is 2.94. The maximum Gasteiger partial charge on any atom is 0.342 e. The molecule has 2 heterocycles. The van der Waals surface area contributed by atoms with Crippen molar-refractivity contribution in [3.8, 4) is 0 Å². The lowest BCUT2D eigenvalue weighted by Crippen LogP contribution is -2.49. The van der Waals surface area contributed by atoms with Gasteiger partial charge in [-0.1, -0.05) is 30.3 Å². The Labute approximate surface area is 166 Å². The Balaban J connectivity index is 1.66. The summed E-state index contributed by atoms with van der Waals surface area (Å²) in [7, 11) is 0. The van der Waals surface area contributed by atoms with E-state index in [1.807, 2.05) is 42.2 Å². The fourth-order valence-electron chi connectivity index (χ4n) is 4.09. The van der Waals surface area contributed by atoms with Crippen molar-refractivity contribution in [2.24, 2.45) is 0 Å². The molecular weight excluding hydrogens is 354 g/mol. The predicted octanol–water partition coefficient (Wildman–Crippen LogP) is 3.49. The first-order valence-electron chi connectivity index (χ1n) is 9.94. The van der Waals surface area contributed by atoms with E-state index in [2.05, 4.69) is 18.9 Å². The number of likely N-dealkylation sites (tertiary alicyclic amines) is 1. The molecule has 150 valence electrons. The number of hydrogen-bond acceptors (Lipinski definition) is 4. The maximum atomic E-state index is 12.7. The van der Waals surface area contributed by atoms with Gasteiger partial charge in [-0.3, -0.25) is 9.48 Å². The summed E-state index contributed by atoms with van der Waals surface area (Å²) in [6.45, 7) is 8.12. The van der Waals surface area contributed by atoms with Gasteiger partial charge in [-0.15, -0.1) is 0 Å². The molecule has 2 aromatic rings. The second-order valence-electron chi connectivity index (χ2n) is 7.70. The summed E-state index contributed by atoms with van der Waals surface area (Å²) in [6.07, 6.45) is 3.12. The monoisotopic (exact) mass is 383 g/mol. The van der Waals surface area contributed by atoms with Crippen LogP contribution in [0.2, 0.25) is 0 Å². The molecule has 2 atom stereocenters. The number of aryl methyl sites for hydroxylation is 1. The summed E-state index contributed by atoms with van der Waals surface area (Å²) in [5.41, 5.74) is 2.92. The van der Waals surface area contributed by atoms with E-state index in [1.165, 1.54) is 0 Å². The summed E-state index contributed by atoms with van der Waals surface area (Å²) in [6, 6.07) is 10.3. The third-order valence-electron chi connectivity index (χ3n) is 5.57. The van der Waals surface area contributed by atoms with Crippen LogP contribution in [-0.2, 0) is 16.1 Å². The number of esters is 1. The summed E-state index contributed by atoms with van der Waals surface area (Å²) >= 11 is 0. The molecule has 3 rings (SSSR count). The fraction of sp³-hybridized carbons (Fsp3) is 0.500. The zero-order valence-corrected chi connectivity index (χ0v) is 17.1. The summed E-state index contributed by atoms with van der Waals surface area (Å²) < 4.78 is 7.18. The number of nitrogens with zero attached hydrogens (tertiary/aromatic N) is 3. The third kappa shape index (κ3) is 4.26. The number of hydrogen-bond donors (Lipinski definition) is 0. The molecular formula is C22H29N3O3. The molecule has 0 aliphatic carbocycles. The Morgan fingerprint density at radius 1 is 1.11 bits per heavy atom. The first-order valence-corrected chi connectivity index (χ1v) is 9.94. The minimum Gasteiger partial charge on any atom is -0.452 e. The number of aromatic nitrogens is 2. The predicted molar refractivity (Wildman–Crippen MR) is 107 cm³/mol. The van der Waals surface area contributed by atoms with Crippen molar-refractivity contribution in [2.75, 3.05) is 6.61 Å². The van der Waals surface area contributed by atoms with Gasteiger partial charge in [-0.2, -0.15) is 5.10 Å². The molecule has 0 N–H and O–H groups in total. The number of piperidine rings is 1. The van der Waals surface area contributed by atoms with E-state index in [0.29, 0.717) is 17.8 Å². The molecule has 1 amide bonds. The second-order valence-corrected chi connectivity index (χ2v) is 7.70. The zero-order chi connectivity index (χ0) is 20.3. The van der Waals surface area contributed by atoms with Crippen LogP contribution in [0.5, 0.6) is 0 Å². The standard InChI is InChI=1S/C22H29N3O3/c1-15-9-8-10-16(2)25(15)20(26)14-28-22(27)21-17(3)23-24(18(21)4)13-19-11-6-5-7-12-19/h5-7,11-12,15-16H,8-10,13-14H2,1-4H3/t15-,16-/m0/s1. The number of benzene rings is 1. The number of carbonyl (C=O) groups is 2. The Kier molecular flexibility index (Phi) is 6.17. The smallest absolute Gasteiger partial charge is 0.342 e. The van der Waals surface area contributed by atoms with E-state index in [1.54, 1.807) is 11.6 Å². The summed E-state index contributed by atoms with van der Waals surface area (Å²) in [5, 5.41) is 4.49. The Hall–Kier alpha value is -2.63. The van der Waals surface area contributed by atoms with Gasteiger partial charge < -0.3 is 9.64 Å². The van der Waals surface area contributed by atoms with E-state index >= 15 is 0 Å². The molecule has 1 aromatic heterocycles. The molecule has 0 radical (unpaired) electrons. The molecule has 0 bridgehead atoms. The van der Waals surface area contributed by atoms with Gasteiger partial charge in [0.2, 0.25) is 0 Å². The van der Waals surface area contributed by atoms with Gasteiger partial charge in [-0.05, 0) is 52.5 Å². The molecule has 1 aliphatic heterocycles. The first-order chi connectivity index (χ1) is 13.4. The van der Waals surface area contributed by atoms with Gasteiger partial charge in [0.25, 0.3) is 5.91 Å². The van der Waals surface area contributed by atoms with Crippen molar-refractivity contribution in [3.63, 3.8) is 0 Å².